The van der Waals surface area contributed by atoms with E-state index in [-0.39, 0.29) is 5.91 Å². The minimum atomic E-state index is -0.388. The summed E-state index contributed by atoms with van der Waals surface area (Å²) in [6, 6.07) is 15.8. The van der Waals surface area contributed by atoms with Crippen molar-refractivity contribution in [3.05, 3.63) is 80.8 Å². The summed E-state index contributed by atoms with van der Waals surface area (Å²) in [6.45, 7) is 0.348. The molecule has 3 aromatic carbocycles. The quantitative estimate of drug-likeness (QED) is 0.291. The molecule has 0 fully saturated rings. The highest BCUT2D eigenvalue weighted by molar-refractivity contribution is 9.10. The van der Waals surface area contributed by atoms with Crippen molar-refractivity contribution in [3.8, 4) is 23.0 Å². The monoisotopic (exact) mass is 532 g/mol. The van der Waals surface area contributed by atoms with E-state index < -0.39 is 0 Å². The van der Waals surface area contributed by atoms with Crippen LogP contribution in [0, 0.1) is 0 Å². The van der Waals surface area contributed by atoms with Crippen LogP contribution in [-0.2, 0) is 6.61 Å². The van der Waals surface area contributed by atoms with Gasteiger partial charge < -0.3 is 18.9 Å². The third-order valence-corrected chi connectivity index (χ3v) is 5.41. The minimum Gasteiger partial charge on any atom is -0.493 e. The van der Waals surface area contributed by atoms with Crippen LogP contribution in [0.25, 0.3) is 0 Å². The van der Waals surface area contributed by atoms with Crippen LogP contribution in [0.3, 0.4) is 0 Å². The Balaban J connectivity index is 1.68. The van der Waals surface area contributed by atoms with Crippen molar-refractivity contribution in [3.63, 3.8) is 0 Å². The van der Waals surface area contributed by atoms with E-state index in [0.717, 1.165) is 5.56 Å². The summed E-state index contributed by atoms with van der Waals surface area (Å²) >= 11 is 9.43. The summed E-state index contributed by atoms with van der Waals surface area (Å²) in [7, 11) is 4.59. The molecule has 1 amide bonds. The lowest BCUT2D eigenvalue weighted by Gasteiger charge is -2.13. The lowest BCUT2D eigenvalue weighted by atomic mass is 10.2. The smallest absolute Gasteiger partial charge is 0.271 e. The molecular weight excluding hydrogens is 512 g/mol. The van der Waals surface area contributed by atoms with Gasteiger partial charge in [0.15, 0.2) is 23.0 Å². The number of hydrogen-bond acceptors (Lipinski definition) is 6. The summed E-state index contributed by atoms with van der Waals surface area (Å²) in [6.07, 6.45) is 1.51. The second-order valence-corrected chi connectivity index (χ2v) is 8.01. The van der Waals surface area contributed by atoms with Crippen LogP contribution >= 0.6 is 27.5 Å². The zero-order valence-corrected chi connectivity index (χ0v) is 20.6. The third kappa shape index (κ3) is 6.40. The molecule has 0 aliphatic carbocycles. The summed E-state index contributed by atoms with van der Waals surface area (Å²) in [4.78, 5) is 12.4. The minimum absolute atomic E-state index is 0.348. The Labute approximate surface area is 205 Å². The van der Waals surface area contributed by atoms with Crippen molar-refractivity contribution in [1.29, 1.82) is 0 Å². The van der Waals surface area contributed by atoms with Crippen LogP contribution < -0.4 is 24.4 Å². The van der Waals surface area contributed by atoms with Crippen LogP contribution in [-0.4, -0.2) is 33.5 Å². The zero-order valence-electron chi connectivity index (χ0n) is 18.2. The summed E-state index contributed by atoms with van der Waals surface area (Å²) in [5, 5.41) is 4.70. The highest BCUT2D eigenvalue weighted by Crippen LogP contribution is 2.37. The Kier molecular flexibility index (Phi) is 8.57. The molecule has 0 radical (unpaired) electrons. The van der Waals surface area contributed by atoms with E-state index in [1.54, 1.807) is 31.4 Å². The van der Waals surface area contributed by atoms with Gasteiger partial charge in [0.2, 0.25) is 0 Å². The number of amides is 1. The van der Waals surface area contributed by atoms with Gasteiger partial charge in [-0.3, -0.25) is 4.79 Å². The molecule has 0 aliphatic rings. The molecule has 0 atom stereocenters. The third-order valence-electron chi connectivity index (χ3n) is 4.57. The molecule has 0 heterocycles. The van der Waals surface area contributed by atoms with E-state index in [0.29, 0.717) is 50.2 Å². The molecule has 3 rings (SSSR count). The number of benzene rings is 3. The Morgan fingerprint density at radius 3 is 2.33 bits per heavy atom. The van der Waals surface area contributed by atoms with Crippen LogP contribution in [0.2, 0.25) is 5.02 Å². The van der Waals surface area contributed by atoms with Gasteiger partial charge in [-0.25, -0.2) is 5.43 Å². The molecule has 0 aliphatic heterocycles. The van der Waals surface area contributed by atoms with E-state index in [2.05, 4.69) is 26.5 Å². The van der Waals surface area contributed by atoms with E-state index in [1.165, 1.54) is 20.4 Å². The fourth-order valence-corrected chi connectivity index (χ4v) is 3.60. The van der Waals surface area contributed by atoms with E-state index in [9.17, 15) is 4.79 Å². The fourth-order valence-electron chi connectivity index (χ4n) is 2.90. The highest BCUT2D eigenvalue weighted by atomic mass is 79.9. The number of ether oxygens (including phenoxy) is 4. The molecular formula is C24H22BrClN2O5. The van der Waals surface area contributed by atoms with Gasteiger partial charge >= 0.3 is 0 Å². The fraction of sp³-hybridized carbons (Fsp3) is 0.167. The summed E-state index contributed by atoms with van der Waals surface area (Å²) < 4.78 is 22.5. The second kappa shape index (κ2) is 11.6. The number of nitrogens with one attached hydrogen (secondary N) is 1. The van der Waals surface area contributed by atoms with Gasteiger partial charge in [0.1, 0.15) is 6.61 Å². The van der Waals surface area contributed by atoms with Crippen LogP contribution in [0.1, 0.15) is 21.5 Å². The van der Waals surface area contributed by atoms with Crippen molar-refractivity contribution < 1.29 is 23.7 Å². The Morgan fingerprint density at radius 1 is 0.970 bits per heavy atom. The first kappa shape index (κ1) is 24.4. The average Bonchev–Trinajstić information content (AvgIpc) is 2.83. The summed E-state index contributed by atoms with van der Waals surface area (Å²) in [5.74, 6) is 1.68. The molecule has 0 saturated heterocycles. The summed E-state index contributed by atoms with van der Waals surface area (Å²) in [5.41, 5.74) is 4.55. The predicted molar refractivity (Wildman–Crippen MR) is 131 cm³/mol. The lowest BCUT2D eigenvalue weighted by Crippen LogP contribution is -2.17. The Hall–Kier alpha value is -3.23. The number of hydrogen-bond donors (Lipinski definition) is 1. The molecule has 0 aromatic heterocycles. The number of hydrazone groups is 1. The van der Waals surface area contributed by atoms with Gasteiger partial charge in [-0.05, 0) is 69.5 Å². The van der Waals surface area contributed by atoms with Gasteiger partial charge in [0, 0.05) is 10.6 Å². The van der Waals surface area contributed by atoms with E-state index in [4.69, 9.17) is 30.5 Å². The van der Waals surface area contributed by atoms with Crippen molar-refractivity contribution in [2.24, 2.45) is 5.10 Å². The van der Waals surface area contributed by atoms with Crippen molar-refractivity contribution in [2.75, 3.05) is 21.3 Å². The van der Waals surface area contributed by atoms with Crippen molar-refractivity contribution >= 4 is 39.7 Å². The molecule has 172 valence electrons. The molecule has 9 heteroatoms. The molecule has 7 nitrogen and oxygen atoms in total. The topological polar surface area (TPSA) is 78.4 Å². The van der Waals surface area contributed by atoms with Crippen molar-refractivity contribution in [2.45, 2.75) is 6.61 Å². The maximum Gasteiger partial charge on any atom is 0.271 e. The van der Waals surface area contributed by atoms with E-state index in [1.807, 2.05) is 30.3 Å². The lowest BCUT2D eigenvalue weighted by molar-refractivity contribution is 0.0954. The zero-order chi connectivity index (χ0) is 23.8. The number of carbonyl (C=O) groups is 1. The van der Waals surface area contributed by atoms with Gasteiger partial charge in [-0.2, -0.15) is 5.10 Å². The molecule has 0 saturated carbocycles. The first-order valence-electron chi connectivity index (χ1n) is 9.75. The number of nitrogens with zero attached hydrogens (tertiary/aromatic N) is 1. The number of carbonyl (C=O) groups excluding carboxylic acids is 1. The predicted octanol–water partition coefficient (Wildman–Crippen LogP) is 5.47. The number of halogens is 2. The largest absolute Gasteiger partial charge is 0.493 e. The molecule has 3 aromatic rings. The first-order valence-corrected chi connectivity index (χ1v) is 10.9. The number of rotatable bonds is 9. The Morgan fingerprint density at radius 2 is 1.67 bits per heavy atom. The van der Waals surface area contributed by atoms with Gasteiger partial charge in [0.05, 0.1) is 32.0 Å². The average molecular weight is 534 g/mol. The maximum atomic E-state index is 12.4. The number of methoxy groups -OCH3 is 3. The maximum absolute atomic E-state index is 12.4. The van der Waals surface area contributed by atoms with E-state index >= 15 is 0 Å². The van der Waals surface area contributed by atoms with Gasteiger partial charge in [0.25, 0.3) is 5.91 Å². The van der Waals surface area contributed by atoms with Gasteiger partial charge in [-0.15, -0.1) is 0 Å². The highest BCUT2D eigenvalue weighted by Gasteiger charge is 2.13. The van der Waals surface area contributed by atoms with Gasteiger partial charge in [-0.1, -0.05) is 23.7 Å². The molecule has 0 bridgehead atoms. The van der Waals surface area contributed by atoms with Crippen LogP contribution in [0.5, 0.6) is 23.0 Å². The molecule has 0 spiro atoms. The normalized spacial score (nSPS) is 10.7. The molecule has 33 heavy (non-hydrogen) atoms. The first-order chi connectivity index (χ1) is 15.9. The van der Waals surface area contributed by atoms with Crippen LogP contribution in [0.15, 0.2) is 64.2 Å². The SMILES string of the molecule is COc1ccc(C(=O)N/N=C\c2cc(Br)c(OCc3ccc(Cl)cc3)c(OC)c2)cc1OC. The molecule has 0 unspecified atom stereocenters. The van der Waals surface area contributed by atoms with Crippen molar-refractivity contribution in [1.82, 2.24) is 5.43 Å². The van der Waals surface area contributed by atoms with Crippen LogP contribution in [0.4, 0.5) is 0 Å². The Bertz CT molecular complexity index is 1150. The second-order valence-electron chi connectivity index (χ2n) is 6.72. The standard InChI is InChI=1S/C24H22BrClN2O5/c1-30-20-9-6-17(12-21(20)31-2)24(29)28-27-13-16-10-19(25)23(22(11-16)32-3)33-14-15-4-7-18(26)8-5-15/h4-13H,14H2,1-3H3,(H,28,29)/b27-13-. The molecule has 1 N–H and O–H groups in total.